The summed E-state index contributed by atoms with van der Waals surface area (Å²) in [7, 11) is 1.55. The van der Waals surface area contributed by atoms with Gasteiger partial charge in [-0.25, -0.2) is 4.99 Å². The van der Waals surface area contributed by atoms with Crippen molar-refractivity contribution in [1.82, 2.24) is 4.90 Å². The van der Waals surface area contributed by atoms with Crippen LogP contribution in [0.3, 0.4) is 0 Å². The van der Waals surface area contributed by atoms with Crippen molar-refractivity contribution in [3.05, 3.63) is 77.7 Å². The van der Waals surface area contributed by atoms with Gasteiger partial charge in [0.1, 0.15) is 16.8 Å². The number of rotatable bonds is 7. The second kappa shape index (κ2) is 9.95. The summed E-state index contributed by atoms with van der Waals surface area (Å²) >= 11 is 1.30. The maximum atomic E-state index is 13.3. The van der Waals surface area contributed by atoms with Crippen molar-refractivity contribution in [1.29, 1.82) is 0 Å². The molecule has 4 rings (SSSR count). The van der Waals surface area contributed by atoms with Gasteiger partial charge in [-0.2, -0.15) is 0 Å². The maximum absolute atomic E-state index is 13.3. The minimum atomic E-state index is -0.584. The number of benzene rings is 2. The monoisotopic (exact) mass is 463 g/mol. The third-order valence-electron chi connectivity index (χ3n) is 5.10. The highest BCUT2D eigenvalue weighted by Gasteiger charge is 2.39. The number of nitrogens with zero attached hydrogens (tertiary/aromatic N) is 2. The van der Waals surface area contributed by atoms with Crippen molar-refractivity contribution in [2.45, 2.75) is 32.1 Å². The molecule has 1 aliphatic rings. The standard InChI is InChI=1S/C25H25N3O4S/c1-16-11-17(2)13-18(12-16)26-25-28(15-19-7-6-10-32-19)24(30)22(33-25)14-23(29)27-20-8-4-5-9-21(20)31-3/h4-13,22H,14-15H2,1-3H3,(H,27,29). The van der Waals surface area contributed by atoms with Crippen molar-refractivity contribution in [2.75, 3.05) is 12.4 Å². The zero-order valence-corrected chi connectivity index (χ0v) is 19.5. The summed E-state index contributed by atoms with van der Waals surface area (Å²) in [6, 6.07) is 16.8. The minimum Gasteiger partial charge on any atom is -0.495 e. The lowest BCUT2D eigenvalue weighted by Crippen LogP contribution is -2.33. The van der Waals surface area contributed by atoms with E-state index in [-0.39, 0.29) is 24.8 Å². The van der Waals surface area contributed by atoms with Gasteiger partial charge in [0.05, 0.1) is 31.3 Å². The summed E-state index contributed by atoms with van der Waals surface area (Å²) < 4.78 is 10.7. The summed E-state index contributed by atoms with van der Waals surface area (Å²) in [6.07, 6.45) is 1.59. The normalized spacial score (nSPS) is 16.9. The average molecular weight is 464 g/mol. The lowest BCUT2D eigenvalue weighted by Gasteiger charge is -2.15. The van der Waals surface area contributed by atoms with E-state index in [1.807, 2.05) is 44.2 Å². The number of anilines is 1. The van der Waals surface area contributed by atoms with Crippen LogP contribution in [-0.2, 0) is 16.1 Å². The molecule has 8 heteroatoms. The first-order valence-corrected chi connectivity index (χ1v) is 11.4. The lowest BCUT2D eigenvalue weighted by atomic mass is 10.1. The molecule has 0 aliphatic carbocycles. The molecule has 7 nitrogen and oxygen atoms in total. The van der Waals surface area contributed by atoms with Crippen LogP contribution in [0.15, 0.2) is 70.3 Å². The molecule has 0 spiro atoms. The summed E-state index contributed by atoms with van der Waals surface area (Å²) in [5, 5.41) is 2.81. The van der Waals surface area contributed by atoms with E-state index in [2.05, 4.69) is 11.4 Å². The Labute approximate surface area is 196 Å². The second-order valence-corrected chi connectivity index (χ2v) is 8.97. The maximum Gasteiger partial charge on any atom is 0.243 e. The van der Waals surface area contributed by atoms with Gasteiger partial charge in [-0.15, -0.1) is 0 Å². The molecule has 1 saturated heterocycles. The minimum absolute atomic E-state index is 0.0159. The fraction of sp³-hybridized carbons (Fsp3) is 0.240. The SMILES string of the molecule is COc1ccccc1NC(=O)CC1SC(=Nc2cc(C)cc(C)c2)N(Cc2ccco2)C1=O. The van der Waals surface area contributed by atoms with Gasteiger partial charge < -0.3 is 14.5 Å². The largest absolute Gasteiger partial charge is 0.495 e. The molecule has 2 amide bonds. The predicted molar refractivity (Wildman–Crippen MR) is 130 cm³/mol. The van der Waals surface area contributed by atoms with Crippen molar-refractivity contribution < 1.29 is 18.7 Å². The Balaban J connectivity index is 1.56. The highest BCUT2D eigenvalue weighted by atomic mass is 32.2. The first kappa shape index (κ1) is 22.7. The molecule has 1 aliphatic heterocycles. The number of aliphatic imine (C=N–C) groups is 1. The third-order valence-corrected chi connectivity index (χ3v) is 6.27. The summed E-state index contributed by atoms with van der Waals surface area (Å²) in [5.74, 6) is 0.773. The van der Waals surface area contributed by atoms with Gasteiger partial charge in [0.2, 0.25) is 11.8 Å². The average Bonchev–Trinajstić information content (AvgIpc) is 3.38. The van der Waals surface area contributed by atoms with Crippen molar-refractivity contribution >= 4 is 40.1 Å². The van der Waals surface area contributed by atoms with Crippen molar-refractivity contribution in [3.63, 3.8) is 0 Å². The molecule has 1 aromatic heterocycles. The van der Waals surface area contributed by atoms with Crippen LogP contribution < -0.4 is 10.1 Å². The van der Waals surface area contributed by atoms with E-state index < -0.39 is 5.25 Å². The van der Waals surface area contributed by atoms with Crippen LogP contribution in [0.4, 0.5) is 11.4 Å². The van der Waals surface area contributed by atoms with Gasteiger partial charge in [0, 0.05) is 6.42 Å². The Bertz CT molecular complexity index is 1170. The fourth-order valence-electron chi connectivity index (χ4n) is 3.67. The smallest absolute Gasteiger partial charge is 0.243 e. The zero-order chi connectivity index (χ0) is 23.4. The number of nitrogens with one attached hydrogen (secondary N) is 1. The summed E-state index contributed by atoms with van der Waals surface area (Å²) in [4.78, 5) is 32.3. The van der Waals surface area contributed by atoms with Crippen LogP contribution in [0, 0.1) is 13.8 Å². The quantitative estimate of drug-likeness (QED) is 0.529. The Morgan fingerprint density at radius 1 is 1.15 bits per heavy atom. The first-order valence-electron chi connectivity index (χ1n) is 10.5. The van der Waals surface area contributed by atoms with Crippen LogP contribution in [0.5, 0.6) is 5.75 Å². The van der Waals surface area contributed by atoms with Gasteiger partial charge >= 0.3 is 0 Å². The molecule has 2 aromatic carbocycles. The Hall–Kier alpha value is -3.52. The number of methoxy groups -OCH3 is 1. The van der Waals surface area contributed by atoms with E-state index in [1.54, 1.807) is 36.5 Å². The Kier molecular flexibility index (Phi) is 6.84. The number of thioether (sulfide) groups is 1. The van der Waals surface area contributed by atoms with E-state index >= 15 is 0 Å². The number of carbonyl (C=O) groups excluding carboxylic acids is 2. The molecule has 0 radical (unpaired) electrons. The number of amidine groups is 1. The Morgan fingerprint density at radius 3 is 2.61 bits per heavy atom. The molecule has 0 bridgehead atoms. The number of amides is 2. The highest BCUT2D eigenvalue weighted by molar-refractivity contribution is 8.15. The van der Waals surface area contributed by atoms with Crippen LogP contribution in [0.2, 0.25) is 0 Å². The topological polar surface area (TPSA) is 84.1 Å². The van der Waals surface area contributed by atoms with Gasteiger partial charge in [-0.3, -0.25) is 14.5 Å². The number of para-hydroxylation sites is 2. The molecule has 1 unspecified atom stereocenters. The third kappa shape index (κ3) is 5.46. The molecular formula is C25H25N3O4S. The lowest BCUT2D eigenvalue weighted by molar-refractivity contribution is -0.128. The van der Waals surface area contributed by atoms with E-state index in [1.165, 1.54) is 11.8 Å². The number of ether oxygens (including phenoxy) is 1. The van der Waals surface area contributed by atoms with Crippen LogP contribution in [0.1, 0.15) is 23.3 Å². The highest BCUT2D eigenvalue weighted by Crippen LogP contribution is 2.34. The molecule has 33 heavy (non-hydrogen) atoms. The van der Waals surface area contributed by atoms with Gasteiger partial charge in [-0.05, 0) is 61.4 Å². The fourth-order valence-corrected chi connectivity index (χ4v) is 4.83. The van der Waals surface area contributed by atoms with Gasteiger partial charge in [0.15, 0.2) is 5.17 Å². The Morgan fingerprint density at radius 2 is 1.91 bits per heavy atom. The van der Waals surface area contributed by atoms with Gasteiger partial charge in [0.25, 0.3) is 0 Å². The summed E-state index contributed by atoms with van der Waals surface area (Å²) in [6.45, 7) is 4.28. The second-order valence-electron chi connectivity index (χ2n) is 7.80. The van der Waals surface area contributed by atoms with Crippen LogP contribution >= 0.6 is 11.8 Å². The number of hydrogen-bond acceptors (Lipinski definition) is 6. The van der Waals surface area contributed by atoms with E-state index in [4.69, 9.17) is 14.1 Å². The molecule has 0 saturated carbocycles. The number of hydrogen-bond donors (Lipinski definition) is 1. The number of aryl methyl sites for hydroxylation is 2. The van der Waals surface area contributed by atoms with E-state index in [0.717, 1.165) is 16.8 Å². The first-order chi connectivity index (χ1) is 15.9. The molecular weight excluding hydrogens is 438 g/mol. The molecule has 2 heterocycles. The molecule has 170 valence electrons. The van der Waals surface area contributed by atoms with Gasteiger partial charge in [-0.1, -0.05) is 30.0 Å². The zero-order valence-electron chi connectivity index (χ0n) is 18.7. The predicted octanol–water partition coefficient (Wildman–Crippen LogP) is 5.07. The molecule has 1 N–H and O–H groups in total. The summed E-state index contributed by atoms with van der Waals surface area (Å²) in [5.41, 5.74) is 3.52. The molecule has 1 fully saturated rings. The molecule has 1 atom stereocenters. The van der Waals surface area contributed by atoms with Crippen molar-refractivity contribution in [3.8, 4) is 5.75 Å². The van der Waals surface area contributed by atoms with Crippen LogP contribution in [-0.4, -0.2) is 34.2 Å². The number of carbonyl (C=O) groups is 2. The van der Waals surface area contributed by atoms with Crippen molar-refractivity contribution in [2.24, 2.45) is 4.99 Å². The molecule has 3 aromatic rings. The number of furan rings is 1. The van der Waals surface area contributed by atoms with Crippen LogP contribution in [0.25, 0.3) is 0 Å². The van der Waals surface area contributed by atoms with E-state index in [9.17, 15) is 9.59 Å². The van der Waals surface area contributed by atoms with E-state index in [0.29, 0.717) is 22.4 Å².